The van der Waals surface area contributed by atoms with Crippen LogP contribution in [0.15, 0.2) is 47.2 Å². The van der Waals surface area contributed by atoms with E-state index in [0.29, 0.717) is 45.2 Å². The first-order chi connectivity index (χ1) is 18.3. The van der Waals surface area contributed by atoms with Gasteiger partial charge in [-0.25, -0.2) is 9.59 Å². The Kier molecular flexibility index (Phi) is 7.90. The Morgan fingerprint density at radius 1 is 1.11 bits per heavy atom. The molecule has 2 bridgehead atoms. The zero-order valence-corrected chi connectivity index (χ0v) is 22.7. The van der Waals surface area contributed by atoms with E-state index < -0.39 is 5.60 Å². The molecule has 3 amide bonds. The van der Waals surface area contributed by atoms with Crippen LogP contribution in [0.2, 0.25) is 0 Å². The summed E-state index contributed by atoms with van der Waals surface area (Å²) >= 11 is 0. The van der Waals surface area contributed by atoms with Crippen molar-refractivity contribution in [1.29, 1.82) is 0 Å². The molecule has 206 valence electrons. The van der Waals surface area contributed by atoms with Crippen molar-refractivity contribution in [3.05, 3.63) is 47.7 Å². The lowest BCUT2D eigenvalue weighted by Crippen LogP contribution is -2.50. The molecule has 0 radical (unpaired) electrons. The van der Waals surface area contributed by atoms with E-state index in [1.54, 1.807) is 9.96 Å². The standard InChI is InChI=1S/C28H39N5O5/c1-28(2,3)38-27(35)31-16-14-30(15-17-31)19-23-10-7-13-29-25(37-23)24-12-11-22-18-32(24)26(34)33(22)36-20-21-8-5-4-6-9-21/h4-6,8-10,22,24H,7,11-20H2,1-3H3. The van der Waals surface area contributed by atoms with Crippen LogP contribution in [0.1, 0.15) is 45.6 Å². The number of fused-ring (bicyclic) bond motifs is 2. The minimum atomic E-state index is -0.496. The number of hydrogen-bond acceptors (Lipinski definition) is 7. The van der Waals surface area contributed by atoms with E-state index in [4.69, 9.17) is 19.3 Å². The van der Waals surface area contributed by atoms with Gasteiger partial charge >= 0.3 is 12.1 Å². The minimum Gasteiger partial charge on any atom is -0.444 e. The van der Waals surface area contributed by atoms with Crippen molar-refractivity contribution in [2.24, 2.45) is 4.99 Å². The highest BCUT2D eigenvalue weighted by atomic mass is 16.7. The number of hydroxylamine groups is 2. The van der Waals surface area contributed by atoms with E-state index in [1.807, 2.05) is 56.0 Å². The van der Waals surface area contributed by atoms with Gasteiger partial charge in [-0.2, -0.15) is 5.06 Å². The van der Waals surface area contributed by atoms with Gasteiger partial charge in [0.25, 0.3) is 0 Å². The van der Waals surface area contributed by atoms with Gasteiger partial charge in [0, 0.05) is 39.3 Å². The normalized spacial score (nSPS) is 24.5. The van der Waals surface area contributed by atoms with Crippen molar-refractivity contribution in [1.82, 2.24) is 19.8 Å². The Balaban J connectivity index is 1.14. The summed E-state index contributed by atoms with van der Waals surface area (Å²) in [7, 11) is 0. The Bertz CT molecular complexity index is 1060. The van der Waals surface area contributed by atoms with E-state index >= 15 is 0 Å². The zero-order valence-electron chi connectivity index (χ0n) is 22.7. The van der Waals surface area contributed by atoms with Crippen LogP contribution in [0.3, 0.4) is 0 Å². The van der Waals surface area contributed by atoms with Crippen LogP contribution >= 0.6 is 0 Å². The fourth-order valence-corrected chi connectivity index (χ4v) is 5.29. The van der Waals surface area contributed by atoms with E-state index in [1.165, 1.54) is 0 Å². The largest absolute Gasteiger partial charge is 0.444 e. The number of piperazine rings is 1. The molecule has 2 atom stereocenters. The molecule has 10 heteroatoms. The third kappa shape index (κ3) is 6.30. The maximum atomic E-state index is 13.3. The van der Waals surface area contributed by atoms with Gasteiger partial charge in [-0.15, -0.1) is 0 Å². The van der Waals surface area contributed by atoms with Crippen molar-refractivity contribution in [3.8, 4) is 0 Å². The fraction of sp³-hybridized carbons (Fsp3) is 0.607. The van der Waals surface area contributed by atoms with Gasteiger partial charge in [-0.1, -0.05) is 30.3 Å². The van der Waals surface area contributed by atoms with Gasteiger partial charge in [0.2, 0.25) is 5.90 Å². The Morgan fingerprint density at radius 2 is 1.87 bits per heavy atom. The van der Waals surface area contributed by atoms with Gasteiger partial charge in [0.1, 0.15) is 24.0 Å². The SMILES string of the molecule is CC(C)(C)OC(=O)N1CCN(CC2=CCCN=C(C3CCC4CN3C(=O)N4OCc3ccccc3)O2)CC1. The summed E-state index contributed by atoms with van der Waals surface area (Å²) in [6, 6.07) is 9.64. The molecule has 0 spiro atoms. The maximum Gasteiger partial charge on any atom is 0.410 e. The minimum absolute atomic E-state index is 0.0464. The summed E-state index contributed by atoms with van der Waals surface area (Å²) < 4.78 is 11.9. The first kappa shape index (κ1) is 26.5. The number of hydrogen-bond donors (Lipinski definition) is 0. The molecule has 3 fully saturated rings. The number of benzene rings is 1. The quantitative estimate of drug-likeness (QED) is 0.564. The number of urea groups is 1. The molecule has 4 aliphatic heterocycles. The molecule has 0 N–H and O–H groups in total. The maximum absolute atomic E-state index is 13.3. The fourth-order valence-electron chi connectivity index (χ4n) is 5.29. The molecule has 1 aromatic carbocycles. The highest BCUT2D eigenvalue weighted by molar-refractivity contribution is 5.89. The van der Waals surface area contributed by atoms with E-state index in [0.717, 1.165) is 43.7 Å². The highest BCUT2D eigenvalue weighted by Crippen LogP contribution is 2.32. The van der Waals surface area contributed by atoms with Gasteiger partial charge in [0.15, 0.2) is 0 Å². The first-order valence-corrected chi connectivity index (χ1v) is 13.6. The topological polar surface area (TPSA) is 87.2 Å². The Labute approximate surface area is 224 Å². The third-order valence-electron chi connectivity index (χ3n) is 7.23. The number of ether oxygens (including phenoxy) is 2. The second-order valence-electron chi connectivity index (χ2n) is 11.3. The average Bonchev–Trinajstić information content (AvgIpc) is 3.02. The Hall–Kier alpha value is -3.11. The molecule has 2 unspecified atom stereocenters. The highest BCUT2D eigenvalue weighted by Gasteiger charge is 2.48. The smallest absolute Gasteiger partial charge is 0.410 e. The number of piperidine rings is 1. The summed E-state index contributed by atoms with van der Waals surface area (Å²) in [5.74, 6) is 1.48. The molecule has 0 aliphatic carbocycles. The van der Waals surface area contributed by atoms with Crippen molar-refractivity contribution in [2.45, 2.75) is 64.3 Å². The molecule has 4 aliphatic rings. The molecule has 5 rings (SSSR count). The third-order valence-corrected chi connectivity index (χ3v) is 7.23. The van der Waals surface area contributed by atoms with Crippen LogP contribution < -0.4 is 0 Å². The van der Waals surface area contributed by atoms with Gasteiger partial charge in [-0.05, 0) is 51.7 Å². The lowest BCUT2D eigenvalue weighted by Gasteiger charge is -2.36. The lowest BCUT2D eigenvalue weighted by molar-refractivity contribution is -0.140. The molecule has 0 aromatic heterocycles. The van der Waals surface area contributed by atoms with Gasteiger partial charge in [0.05, 0.1) is 12.6 Å². The van der Waals surface area contributed by atoms with Gasteiger partial charge in [-0.3, -0.25) is 14.7 Å². The van der Waals surface area contributed by atoms with Crippen LogP contribution in [0.5, 0.6) is 0 Å². The number of rotatable bonds is 6. The lowest BCUT2D eigenvalue weighted by atomic mass is 10.0. The molecule has 4 heterocycles. The number of amides is 3. The summed E-state index contributed by atoms with van der Waals surface area (Å²) in [5, 5.41) is 1.55. The van der Waals surface area contributed by atoms with Crippen LogP contribution in [0.25, 0.3) is 0 Å². The number of nitrogens with zero attached hydrogens (tertiary/aromatic N) is 5. The van der Waals surface area contributed by atoms with Crippen molar-refractivity contribution < 1.29 is 23.9 Å². The predicted octanol–water partition coefficient (Wildman–Crippen LogP) is 3.64. The second kappa shape index (κ2) is 11.3. The Morgan fingerprint density at radius 3 is 2.61 bits per heavy atom. The zero-order chi connectivity index (χ0) is 26.7. The predicted molar refractivity (Wildman–Crippen MR) is 142 cm³/mol. The van der Waals surface area contributed by atoms with Crippen LogP contribution in [-0.4, -0.2) is 101 Å². The molecule has 0 saturated carbocycles. The molecular formula is C28H39N5O5. The number of aliphatic imine (C=N–C) groups is 1. The molecule has 38 heavy (non-hydrogen) atoms. The van der Waals surface area contributed by atoms with E-state index in [9.17, 15) is 9.59 Å². The molecular weight excluding hydrogens is 486 g/mol. The van der Waals surface area contributed by atoms with Crippen molar-refractivity contribution in [3.63, 3.8) is 0 Å². The monoisotopic (exact) mass is 525 g/mol. The van der Waals surface area contributed by atoms with Crippen LogP contribution in [-0.2, 0) is 20.9 Å². The molecule has 3 saturated heterocycles. The first-order valence-electron chi connectivity index (χ1n) is 13.6. The molecule has 10 nitrogen and oxygen atoms in total. The van der Waals surface area contributed by atoms with E-state index in [-0.39, 0.29) is 24.2 Å². The molecule has 1 aromatic rings. The van der Waals surface area contributed by atoms with E-state index in [2.05, 4.69) is 11.0 Å². The van der Waals surface area contributed by atoms with Crippen molar-refractivity contribution >= 4 is 18.0 Å². The summed E-state index contributed by atoms with van der Waals surface area (Å²) in [6.45, 7) is 10.7. The van der Waals surface area contributed by atoms with Crippen LogP contribution in [0.4, 0.5) is 9.59 Å². The average molecular weight is 526 g/mol. The van der Waals surface area contributed by atoms with Gasteiger partial charge < -0.3 is 19.3 Å². The number of carbonyl (C=O) groups excluding carboxylic acids is 2. The second-order valence-corrected chi connectivity index (χ2v) is 11.3. The summed E-state index contributed by atoms with van der Waals surface area (Å²) in [4.78, 5) is 42.2. The van der Waals surface area contributed by atoms with Crippen molar-refractivity contribution in [2.75, 3.05) is 45.8 Å². The summed E-state index contributed by atoms with van der Waals surface area (Å²) in [5.41, 5.74) is 0.538. The number of carbonyl (C=O) groups is 2. The summed E-state index contributed by atoms with van der Waals surface area (Å²) in [6.07, 6.45) is 4.28. The van der Waals surface area contributed by atoms with Crippen LogP contribution in [0, 0.1) is 0 Å².